The molecule has 0 aliphatic carbocycles. The van der Waals surface area contributed by atoms with Crippen LogP contribution in [0.25, 0.3) is 11.1 Å². The Morgan fingerprint density at radius 3 is 3.00 bits per heavy atom. The summed E-state index contributed by atoms with van der Waals surface area (Å²) in [6.45, 7) is 3.27. The highest BCUT2D eigenvalue weighted by atomic mass is 16.4. The second kappa shape index (κ2) is 2.97. The molecule has 0 amide bonds. The van der Waals surface area contributed by atoms with Gasteiger partial charge in [0.25, 0.3) is 0 Å². The van der Waals surface area contributed by atoms with E-state index in [1.165, 1.54) is 5.56 Å². The van der Waals surface area contributed by atoms with Crippen LogP contribution in [0.4, 0.5) is 0 Å². The van der Waals surface area contributed by atoms with Crippen LogP contribution in [0.5, 0.6) is 0 Å². The van der Waals surface area contributed by atoms with E-state index >= 15 is 0 Å². The van der Waals surface area contributed by atoms with Gasteiger partial charge in [-0.25, -0.2) is 4.79 Å². The van der Waals surface area contributed by atoms with Gasteiger partial charge < -0.3 is 9.73 Å². The Morgan fingerprint density at radius 2 is 2.33 bits per heavy atom. The first-order chi connectivity index (χ1) is 7.24. The van der Waals surface area contributed by atoms with E-state index in [9.17, 15) is 4.79 Å². The minimum absolute atomic E-state index is 0.392. The van der Waals surface area contributed by atoms with Gasteiger partial charge >= 0.3 is 5.76 Å². The minimum Gasteiger partial charge on any atom is -0.408 e. The van der Waals surface area contributed by atoms with Crippen molar-refractivity contribution in [2.75, 3.05) is 6.54 Å². The predicted octanol–water partition coefficient (Wildman–Crippen LogP) is 1.40. The summed E-state index contributed by atoms with van der Waals surface area (Å²) in [6.07, 6.45) is 0. The van der Waals surface area contributed by atoms with Crippen molar-refractivity contribution in [1.29, 1.82) is 0 Å². The molecule has 2 atom stereocenters. The number of benzene rings is 1. The zero-order valence-electron chi connectivity index (χ0n) is 8.41. The van der Waals surface area contributed by atoms with Crippen molar-refractivity contribution in [1.82, 2.24) is 10.3 Å². The third-order valence-corrected chi connectivity index (χ3v) is 3.03. The largest absolute Gasteiger partial charge is 0.417 e. The van der Waals surface area contributed by atoms with E-state index in [0.29, 0.717) is 17.5 Å². The van der Waals surface area contributed by atoms with Crippen LogP contribution in [-0.4, -0.2) is 11.5 Å². The number of fused-ring (bicyclic) bond motifs is 1. The Kier molecular flexibility index (Phi) is 1.73. The molecule has 78 valence electrons. The summed E-state index contributed by atoms with van der Waals surface area (Å²) in [5.41, 5.74) is 2.60. The average molecular weight is 204 g/mol. The van der Waals surface area contributed by atoms with E-state index in [2.05, 4.69) is 17.2 Å². The molecule has 0 bridgehead atoms. The number of hydrogen-bond donors (Lipinski definition) is 2. The predicted molar refractivity (Wildman–Crippen MR) is 56.7 cm³/mol. The molecule has 2 unspecified atom stereocenters. The summed E-state index contributed by atoms with van der Waals surface area (Å²) in [6, 6.07) is 6.24. The van der Waals surface area contributed by atoms with Gasteiger partial charge in [-0.15, -0.1) is 0 Å². The van der Waals surface area contributed by atoms with Gasteiger partial charge in [0.05, 0.1) is 5.52 Å². The van der Waals surface area contributed by atoms with Crippen LogP contribution in [0.1, 0.15) is 18.5 Å². The van der Waals surface area contributed by atoms with Crippen molar-refractivity contribution in [3.05, 3.63) is 34.3 Å². The van der Waals surface area contributed by atoms with Crippen LogP contribution in [0.15, 0.2) is 27.4 Å². The fourth-order valence-electron chi connectivity index (χ4n) is 2.08. The SMILES string of the molecule is CC1CNC1c1ccc2oc(=O)[nH]c2c1. The molecule has 4 heteroatoms. The van der Waals surface area contributed by atoms with Crippen LogP contribution in [0.3, 0.4) is 0 Å². The van der Waals surface area contributed by atoms with E-state index in [1.807, 2.05) is 18.2 Å². The van der Waals surface area contributed by atoms with Gasteiger partial charge in [0.2, 0.25) is 0 Å². The number of aromatic amines is 1. The van der Waals surface area contributed by atoms with E-state index in [0.717, 1.165) is 12.1 Å². The monoisotopic (exact) mass is 204 g/mol. The van der Waals surface area contributed by atoms with Gasteiger partial charge in [0.1, 0.15) is 0 Å². The van der Waals surface area contributed by atoms with Gasteiger partial charge in [-0.1, -0.05) is 13.0 Å². The first kappa shape index (κ1) is 8.73. The molecule has 2 heterocycles. The fraction of sp³-hybridized carbons (Fsp3) is 0.364. The normalized spacial score (nSPS) is 25.4. The maximum atomic E-state index is 11.0. The lowest BCUT2D eigenvalue weighted by atomic mass is 9.88. The molecule has 4 nitrogen and oxygen atoms in total. The molecule has 2 N–H and O–H groups in total. The standard InChI is InChI=1S/C11H12N2O2/c1-6-5-12-10(6)7-2-3-9-8(4-7)13-11(14)15-9/h2-4,6,10,12H,5H2,1H3,(H,13,14). The molecule has 1 aliphatic rings. The van der Waals surface area contributed by atoms with E-state index < -0.39 is 5.76 Å². The number of oxazole rings is 1. The van der Waals surface area contributed by atoms with Crippen molar-refractivity contribution in [3.63, 3.8) is 0 Å². The Labute approximate surface area is 86.3 Å². The molecule has 1 saturated heterocycles. The second-order valence-corrected chi connectivity index (χ2v) is 4.13. The van der Waals surface area contributed by atoms with Gasteiger partial charge in [0.15, 0.2) is 5.58 Å². The quantitative estimate of drug-likeness (QED) is 0.738. The van der Waals surface area contributed by atoms with Crippen molar-refractivity contribution in [2.24, 2.45) is 5.92 Å². The molecule has 2 aromatic rings. The first-order valence-corrected chi connectivity index (χ1v) is 5.10. The molecule has 1 aliphatic heterocycles. The molecule has 1 aromatic heterocycles. The Balaban J connectivity index is 2.09. The summed E-state index contributed by atoms with van der Waals surface area (Å²) in [5, 5.41) is 3.36. The van der Waals surface area contributed by atoms with E-state index in [4.69, 9.17) is 4.42 Å². The molecule has 0 radical (unpaired) electrons. The smallest absolute Gasteiger partial charge is 0.408 e. The number of H-pyrrole nitrogens is 1. The van der Waals surface area contributed by atoms with E-state index in [-0.39, 0.29) is 0 Å². The Morgan fingerprint density at radius 1 is 1.47 bits per heavy atom. The van der Waals surface area contributed by atoms with Crippen molar-refractivity contribution in [2.45, 2.75) is 13.0 Å². The molecule has 3 rings (SSSR count). The molecule has 0 saturated carbocycles. The van der Waals surface area contributed by atoms with E-state index in [1.54, 1.807) is 0 Å². The minimum atomic E-state index is -0.392. The highest BCUT2D eigenvalue weighted by Crippen LogP contribution is 2.29. The average Bonchev–Trinajstić information content (AvgIpc) is 2.55. The summed E-state index contributed by atoms with van der Waals surface area (Å²) in [4.78, 5) is 13.6. The number of nitrogens with one attached hydrogen (secondary N) is 2. The lowest BCUT2D eigenvalue weighted by Gasteiger charge is -2.35. The number of aromatic nitrogens is 1. The van der Waals surface area contributed by atoms with Gasteiger partial charge in [-0.2, -0.15) is 0 Å². The third-order valence-electron chi connectivity index (χ3n) is 3.03. The molecule has 1 aromatic carbocycles. The Hall–Kier alpha value is -1.55. The highest BCUT2D eigenvalue weighted by molar-refractivity contribution is 5.73. The Bertz CT molecular complexity index is 555. The summed E-state index contributed by atoms with van der Waals surface area (Å²) < 4.78 is 4.95. The lowest BCUT2D eigenvalue weighted by Crippen LogP contribution is -2.43. The number of hydrogen-bond acceptors (Lipinski definition) is 3. The molecular formula is C11H12N2O2. The summed E-state index contributed by atoms with van der Waals surface area (Å²) >= 11 is 0. The zero-order chi connectivity index (χ0) is 10.4. The molecule has 0 spiro atoms. The van der Waals surface area contributed by atoms with Gasteiger partial charge in [-0.05, 0) is 23.6 Å². The van der Waals surface area contributed by atoms with Crippen molar-refractivity contribution in [3.8, 4) is 0 Å². The maximum Gasteiger partial charge on any atom is 0.417 e. The molecular weight excluding hydrogens is 192 g/mol. The maximum absolute atomic E-state index is 11.0. The summed E-state index contributed by atoms with van der Waals surface area (Å²) in [5.74, 6) is 0.262. The molecule has 15 heavy (non-hydrogen) atoms. The lowest BCUT2D eigenvalue weighted by molar-refractivity contribution is 0.258. The van der Waals surface area contributed by atoms with Crippen LogP contribution >= 0.6 is 0 Å². The van der Waals surface area contributed by atoms with Crippen LogP contribution < -0.4 is 11.1 Å². The first-order valence-electron chi connectivity index (χ1n) is 5.10. The second-order valence-electron chi connectivity index (χ2n) is 4.13. The summed E-state index contributed by atoms with van der Waals surface area (Å²) in [7, 11) is 0. The topological polar surface area (TPSA) is 58.0 Å². The molecule has 1 fully saturated rings. The van der Waals surface area contributed by atoms with Crippen LogP contribution in [-0.2, 0) is 0 Å². The van der Waals surface area contributed by atoms with Gasteiger partial charge in [-0.3, -0.25) is 4.98 Å². The fourth-order valence-corrected chi connectivity index (χ4v) is 2.08. The van der Waals surface area contributed by atoms with Crippen molar-refractivity contribution >= 4 is 11.1 Å². The highest BCUT2D eigenvalue weighted by Gasteiger charge is 2.27. The number of rotatable bonds is 1. The van der Waals surface area contributed by atoms with Crippen LogP contribution in [0, 0.1) is 5.92 Å². The van der Waals surface area contributed by atoms with Crippen molar-refractivity contribution < 1.29 is 4.42 Å². The van der Waals surface area contributed by atoms with Crippen LogP contribution in [0.2, 0.25) is 0 Å². The van der Waals surface area contributed by atoms with Gasteiger partial charge in [0, 0.05) is 12.6 Å². The third kappa shape index (κ3) is 1.29. The zero-order valence-corrected chi connectivity index (χ0v) is 8.41.